The summed E-state index contributed by atoms with van der Waals surface area (Å²) in [5.41, 5.74) is 1.12. The minimum absolute atomic E-state index is 0.111. The number of amides is 1. The number of rotatable bonds is 4. The molecule has 0 saturated carbocycles. The van der Waals surface area contributed by atoms with E-state index >= 15 is 0 Å². The molecule has 1 atom stereocenters. The molecule has 4 heteroatoms. The van der Waals surface area contributed by atoms with E-state index in [4.69, 9.17) is 0 Å². The average molecular weight is 363 g/mol. The van der Waals surface area contributed by atoms with Gasteiger partial charge in [0.1, 0.15) is 0 Å². The molecule has 1 unspecified atom stereocenters. The maximum Gasteiger partial charge on any atom is 0.236 e. The van der Waals surface area contributed by atoms with Crippen LogP contribution in [0.2, 0.25) is 0 Å². The monoisotopic (exact) mass is 361 g/mol. The van der Waals surface area contributed by atoms with E-state index < -0.39 is 0 Å². The number of carbonyl (C=O) groups excluding carboxylic acids is 1. The van der Waals surface area contributed by atoms with Gasteiger partial charge in [-0.2, -0.15) is 0 Å². The van der Waals surface area contributed by atoms with Crippen LogP contribution in [0.5, 0.6) is 0 Å². The second-order valence-corrected chi connectivity index (χ2v) is 6.37. The Hall–Kier alpha value is -0.350. The highest BCUT2D eigenvalue weighted by molar-refractivity contribution is 9.10. The van der Waals surface area contributed by atoms with E-state index in [0.29, 0.717) is 12.5 Å². The molecule has 94 valence electrons. The van der Waals surface area contributed by atoms with Gasteiger partial charge >= 0.3 is 0 Å². The van der Waals surface area contributed by atoms with Crippen LogP contribution in [0, 0.1) is 5.92 Å². The molecular weight excluding hydrogens is 346 g/mol. The summed E-state index contributed by atoms with van der Waals surface area (Å²) in [5, 5.41) is 0. The van der Waals surface area contributed by atoms with Crippen LogP contribution >= 0.6 is 31.9 Å². The quantitative estimate of drug-likeness (QED) is 0.745. The first-order chi connectivity index (χ1) is 7.91. The molecular formula is C13H17Br2NO. The molecule has 0 aliphatic carbocycles. The lowest BCUT2D eigenvalue weighted by atomic mass is 10.1. The highest BCUT2D eigenvalue weighted by Crippen LogP contribution is 2.17. The Morgan fingerprint density at radius 2 is 2.06 bits per heavy atom. The Kier molecular flexibility index (Phi) is 5.67. The van der Waals surface area contributed by atoms with Crippen LogP contribution in [-0.2, 0) is 11.3 Å². The van der Waals surface area contributed by atoms with Crippen molar-refractivity contribution in [3.8, 4) is 0 Å². The maximum absolute atomic E-state index is 12.0. The van der Waals surface area contributed by atoms with Crippen molar-refractivity contribution in [1.29, 1.82) is 0 Å². The Morgan fingerprint density at radius 1 is 1.41 bits per heavy atom. The summed E-state index contributed by atoms with van der Waals surface area (Å²) in [6.45, 7) is 4.70. The third-order valence-corrected chi connectivity index (χ3v) is 4.45. The standard InChI is InChI=1S/C13H17Br2NO/c1-9(2)12(15)13(17)16(3)8-10-5-4-6-11(14)7-10/h4-7,9,12H,8H2,1-3H3. The number of alkyl halides is 1. The van der Waals surface area contributed by atoms with Crippen LogP contribution in [0.3, 0.4) is 0 Å². The van der Waals surface area contributed by atoms with Crippen molar-refractivity contribution in [1.82, 2.24) is 4.90 Å². The molecule has 2 nitrogen and oxygen atoms in total. The third kappa shape index (κ3) is 4.43. The van der Waals surface area contributed by atoms with Crippen molar-refractivity contribution in [2.75, 3.05) is 7.05 Å². The Balaban J connectivity index is 2.66. The Morgan fingerprint density at radius 3 is 2.59 bits per heavy atom. The SMILES string of the molecule is CC(C)C(Br)C(=O)N(C)Cc1cccc(Br)c1. The molecule has 0 aliphatic rings. The molecule has 0 bridgehead atoms. The van der Waals surface area contributed by atoms with Crippen LogP contribution < -0.4 is 0 Å². The highest BCUT2D eigenvalue weighted by atomic mass is 79.9. The summed E-state index contributed by atoms with van der Waals surface area (Å²) in [6.07, 6.45) is 0. The minimum Gasteiger partial charge on any atom is -0.340 e. The Bertz CT molecular complexity index is 393. The fourth-order valence-electron chi connectivity index (χ4n) is 1.48. The van der Waals surface area contributed by atoms with Crippen molar-refractivity contribution in [2.24, 2.45) is 5.92 Å². The molecule has 1 aromatic carbocycles. The summed E-state index contributed by atoms with van der Waals surface area (Å²) in [5.74, 6) is 0.424. The van der Waals surface area contributed by atoms with Gasteiger partial charge in [-0.1, -0.05) is 57.8 Å². The molecule has 0 spiro atoms. The predicted molar refractivity (Wildman–Crippen MR) is 78.2 cm³/mol. The third-order valence-electron chi connectivity index (χ3n) is 2.51. The zero-order valence-corrected chi connectivity index (χ0v) is 13.5. The number of nitrogens with zero attached hydrogens (tertiary/aromatic N) is 1. The van der Waals surface area contributed by atoms with Gasteiger partial charge in [-0.05, 0) is 23.6 Å². The van der Waals surface area contributed by atoms with Crippen LogP contribution in [-0.4, -0.2) is 22.7 Å². The lowest BCUT2D eigenvalue weighted by Crippen LogP contribution is -2.35. The predicted octanol–water partition coefficient (Wildman–Crippen LogP) is 3.83. The summed E-state index contributed by atoms with van der Waals surface area (Å²) >= 11 is 6.86. The maximum atomic E-state index is 12.0. The van der Waals surface area contributed by atoms with Crippen molar-refractivity contribution < 1.29 is 4.79 Å². The number of hydrogen-bond acceptors (Lipinski definition) is 1. The van der Waals surface area contributed by atoms with Gasteiger partial charge in [0.25, 0.3) is 0 Å². The first kappa shape index (κ1) is 14.7. The van der Waals surface area contributed by atoms with Gasteiger partial charge in [0.15, 0.2) is 0 Å². The highest BCUT2D eigenvalue weighted by Gasteiger charge is 2.22. The smallest absolute Gasteiger partial charge is 0.236 e. The van der Waals surface area contributed by atoms with Gasteiger partial charge in [0, 0.05) is 18.1 Å². The van der Waals surface area contributed by atoms with Crippen molar-refractivity contribution in [2.45, 2.75) is 25.2 Å². The van der Waals surface area contributed by atoms with Crippen molar-refractivity contribution >= 4 is 37.8 Å². The first-order valence-corrected chi connectivity index (χ1v) is 7.26. The second-order valence-electron chi connectivity index (χ2n) is 4.47. The first-order valence-electron chi connectivity index (χ1n) is 5.55. The van der Waals surface area contributed by atoms with Crippen LogP contribution in [0.1, 0.15) is 19.4 Å². The van der Waals surface area contributed by atoms with E-state index in [2.05, 4.69) is 31.9 Å². The molecule has 0 radical (unpaired) electrons. The summed E-state index contributed by atoms with van der Waals surface area (Å²) in [6, 6.07) is 8.01. The van der Waals surface area contributed by atoms with Gasteiger partial charge in [0.05, 0.1) is 4.83 Å². The fraction of sp³-hybridized carbons (Fsp3) is 0.462. The lowest BCUT2D eigenvalue weighted by molar-refractivity contribution is -0.130. The molecule has 1 aromatic rings. The molecule has 17 heavy (non-hydrogen) atoms. The average Bonchev–Trinajstić information content (AvgIpc) is 2.26. The normalized spacial score (nSPS) is 12.6. The summed E-state index contributed by atoms with van der Waals surface area (Å²) in [7, 11) is 1.83. The van der Waals surface area contributed by atoms with Crippen LogP contribution in [0.15, 0.2) is 28.7 Å². The molecule has 0 N–H and O–H groups in total. The molecule has 0 aliphatic heterocycles. The van der Waals surface area contributed by atoms with Gasteiger partial charge in [-0.3, -0.25) is 4.79 Å². The van der Waals surface area contributed by atoms with Gasteiger partial charge in [0.2, 0.25) is 5.91 Å². The van der Waals surface area contributed by atoms with Gasteiger partial charge in [-0.15, -0.1) is 0 Å². The molecule has 0 fully saturated rings. The van der Waals surface area contributed by atoms with Crippen molar-refractivity contribution in [3.63, 3.8) is 0 Å². The van der Waals surface area contributed by atoms with Crippen molar-refractivity contribution in [3.05, 3.63) is 34.3 Å². The van der Waals surface area contributed by atoms with E-state index in [1.54, 1.807) is 4.90 Å². The fourth-order valence-corrected chi connectivity index (χ4v) is 2.28. The van der Waals surface area contributed by atoms with E-state index in [0.717, 1.165) is 10.0 Å². The minimum atomic E-state index is -0.111. The van der Waals surface area contributed by atoms with E-state index in [1.165, 1.54) is 0 Å². The molecule has 1 rings (SSSR count). The molecule has 0 aromatic heterocycles. The second kappa shape index (κ2) is 6.55. The Labute approximate surface area is 120 Å². The number of benzene rings is 1. The lowest BCUT2D eigenvalue weighted by Gasteiger charge is -2.22. The zero-order chi connectivity index (χ0) is 13.0. The van der Waals surface area contributed by atoms with Crippen LogP contribution in [0.25, 0.3) is 0 Å². The number of hydrogen-bond donors (Lipinski definition) is 0. The topological polar surface area (TPSA) is 20.3 Å². The van der Waals surface area contributed by atoms with Gasteiger partial charge in [-0.25, -0.2) is 0 Å². The molecule has 0 saturated heterocycles. The van der Waals surface area contributed by atoms with Gasteiger partial charge < -0.3 is 4.90 Å². The zero-order valence-electron chi connectivity index (χ0n) is 10.3. The molecule has 1 amide bonds. The summed E-state index contributed by atoms with van der Waals surface area (Å²) in [4.78, 5) is 13.7. The number of carbonyl (C=O) groups is 1. The van der Waals surface area contributed by atoms with E-state index in [9.17, 15) is 4.79 Å². The molecule has 0 heterocycles. The summed E-state index contributed by atoms with van der Waals surface area (Å²) < 4.78 is 1.04. The van der Waals surface area contributed by atoms with Crippen LogP contribution in [0.4, 0.5) is 0 Å². The number of halogens is 2. The van der Waals surface area contributed by atoms with E-state index in [-0.39, 0.29) is 10.7 Å². The largest absolute Gasteiger partial charge is 0.340 e. The van der Waals surface area contributed by atoms with E-state index in [1.807, 2.05) is 45.2 Å².